The van der Waals surface area contributed by atoms with E-state index in [9.17, 15) is 0 Å². The van der Waals surface area contributed by atoms with E-state index in [1.165, 1.54) is 27.0 Å². The van der Waals surface area contributed by atoms with Crippen LogP contribution in [0.25, 0.3) is 99.1 Å². The van der Waals surface area contributed by atoms with Crippen LogP contribution in [-0.4, -0.2) is 19.9 Å². The highest BCUT2D eigenvalue weighted by molar-refractivity contribution is 7.21. The van der Waals surface area contributed by atoms with Gasteiger partial charge in [0, 0.05) is 38.4 Å². The summed E-state index contributed by atoms with van der Waals surface area (Å²) in [5.74, 6) is 1.80. The van der Waals surface area contributed by atoms with Crippen molar-refractivity contribution < 1.29 is 4.42 Å². The maximum atomic E-state index is 6.94. The van der Waals surface area contributed by atoms with Gasteiger partial charge in [0.25, 0.3) is 0 Å². The van der Waals surface area contributed by atoms with Gasteiger partial charge in [0.05, 0.1) is 15.8 Å². The Hall–Kier alpha value is -6.76. The summed E-state index contributed by atoms with van der Waals surface area (Å²) >= 11 is 1.76. The van der Waals surface area contributed by atoms with Gasteiger partial charge in [0.15, 0.2) is 17.5 Å². The van der Waals surface area contributed by atoms with Crippen LogP contribution in [-0.2, 0) is 5.41 Å². The van der Waals surface area contributed by atoms with E-state index < -0.39 is 0 Å². The Morgan fingerprint density at radius 3 is 1.65 bits per heavy atom. The number of hydrogen-bond donors (Lipinski definition) is 0. The molecule has 5 nitrogen and oxygen atoms in total. The number of para-hydroxylation sites is 2. The second kappa shape index (κ2) is 12.1. The summed E-state index contributed by atoms with van der Waals surface area (Å²) in [6.45, 7) is 4.66. The van der Waals surface area contributed by atoms with Gasteiger partial charge < -0.3 is 4.42 Å². The Morgan fingerprint density at radius 1 is 0.436 bits per heavy atom. The molecule has 0 radical (unpaired) electrons. The standard InChI is InChI=1S/C49H32N4OS/c1-49(2)39-25-24-32(26-37(39)38-27-41-42(28-40(38)49)55-48(50-41)31-18-10-5-11-19-31)33-20-12-21-34-35-22-13-23-36(44(35)54-43(33)34)47-52-45(29-14-6-3-7-15-29)51-46(53-47)30-16-8-4-9-17-30/h3-28H,1-2H3. The molecule has 7 aromatic carbocycles. The third kappa shape index (κ3) is 5.06. The van der Waals surface area contributed by atoms with Crippen molar-refractivity contribution in [3.05, 3.63) is 169 Å². The lowest BCUT2D eigenvalue weighted by atomic mass is 9.82. The molecule has 0 bridgehead atoms. The molecule has 3 heterocycles. The van der Waals surface area contributed by atoms with Crippen molar-refractivity contribution in [3.8, 4) is 67.0 Å². The van der Waals surface area contributed by atoms with E-state index in [0.29, 0.717) is 17.5 Å². The number of thiazole rings is 1. The van der Waals surface area contributed by atoms with E-state index in [1.807, 2.05) is 72.8 Å². The summed E-state index contributed by atoms with van der Waals surface area (Å²) in [5, 5.41) is 3.12. The van der Waals surface area contributed by atoms with Gasteiger partial charge in [-0.15, -0.1) is 11.3 Å². The van der Waals surface area contributed by atoms with Gasteiger partial charge in [-0.25, -0.2) is 19.9 Å². The molecule has 0 unspecified atom stereocenters. The summed E-state index contributed by atoms with van der Waals surface area (Å²) in [7, 11) is 0. The van der Waals surface area contributed by atoms with Gasteiger partial charge in [0.1, 0.15) is 16.2 Å². The number of nitrogens with zero attached hydrogens (tertiary/aromatic N) is 4. The Balaban J connectivity index is 1.06. The largest absolute Gasteiger partial charge is 0.455 e. The first kappa shape index (κ1) is 31.7. The van der Waals surface area contributed by atoms with Crippen LogP contribution in [0, 0.1) is 0 Å². The van der Waals surface area contributed by atoms with E-state index in [4.69, 9.17) is 24.4 Å². The first-order valence-corrected chi connectivity index (χ1v) is 19.3. The topological polar surface area (TPSA) is 64.7 Å². The average molecular weight is 725 g/mol. The molecule has 1 aliphatic rings. The van der Waals surface area contributed by atoms with Gasteiger partial charge in [0.2, 0.25) is 0 Å². The second-order valence-corrected chi connectivity index (χ2v) is 15.7. The molecule has 0 aliphatic heterocycles. The van der Waals surface area contributed by atoms with E-state index in [-0.39, 0.29) is 5.41 Å². The highest BCUT2D eigenvalue weighted by atomic mass is 32.1. The minimum absolute atomic E-state index is 0.143. The lowest BCUT2D eigenvalue weighted by Crippen LogP contribution is -2.14. The smallest absolute Gasteiger partial charge is 0.167 e. The van der Waals surface area contributed by atoms with Crippen molar-refractivity contribution in [1.82, 2.24) is 19.9 Å². The fourth-order valence-electron chi connectivity index (χ4n) is 8.20. The van der Waals surface area contributed by atoms with Crippen LogP contribution in [0.5, 0.6) is 0 Å². The Bertz CT molecular complexity index is 3050. The van der Waals surface area contributed by atoms with E-state index in [2.05, 4.69) is 98.8 Å². The Kier molecular flexibility index (Phi) is 7.00. The molecule has 0 amide bonds. The summed E-state index contributed by atoms with van der Waals surface area (Å²) < 4.78 is 8.15. The van der Waals surface area contributed by atoms with Gasteiger partial charge in [-0.1, -0.05) is 147 Å². The molecule has 6 heteroatoms. The zero-order chi connectivity index (χ0) is 36.7. The monoisotopic (exact) mass is 724 g/mol. The lowest BCUT2D eigenvalue weighted by molar-refractivity contribution is 0.661. The van der Waals surface area contributed by atoms with Crippen LogP contribution >= 0.6 is 11.3 Å². The van der Waals surface area contributed by atoms with E-state index in [1.54, 1.807) is 11.3 Å². The number of rotatable bonds is 5. The zero-order valence-electron chi connectivity index (χ0n) is 30.1. The minimum atomic E-state index is -0.143. The molecule has 260 valence electrons. The number of furan rings is 1. The van der Waals surface area contributed by atoms with Crippen LogP contribution in [0.4, 0.5) is 0 Å². The maximum Gasteiger partial charge on any atom is 0.167 e. The third-order valence-electron chi connectivity index (χ3n) is 11.0. The molecular formula is C49H32N4OS. The summed E-state index contributed by atoms with van der Waals surface area (Å²) in [6, 6.07) is 54.8. The molecule has 0 spiro atoms. The van der Waals surface area contributed by atoms with Gasteiger partial charge in [-0.3, -0.25) is 0 Å². The summed E-state index contributed by atoms with van der Waals surface area (Å²) in [4.78, 5) is 20.1. The number of aromatic nitrogens is 4. The summed E-state index contributed by atoms with van der Waals surface area (Å²) in [5.41, 5.74) is 13.6. The van der Waals surface area contributed by atoms with Crippen molar-refractivity contribution in [1.29, 1.82) is 0 Å². The first-order valence-electron chi connectivity index (χ1n) is 18.5. The Labute approximate surface area is 321 Å². The molecule has 0 atom stereocenters. The number of benzene rings is 7. The van der Waals surface area contributed by atoms with Crippen molar-refractivity contribution in [2.24, 2.45) is 0 Å². The molecule has 0 saturated heterocycles. The second-order valence-electron chi connectivity index (χ2n) is 14.6. The molecule has 0 N–H and O–H groups in total. The van der Waals surface area contributed by atoms with Crippen molar-refractivity contribution in [2.75, 3.05) is 0 Å². The van der Waals surface area contributed by atoms with Crippen LogP contribution in [0.3, 0.4) is 0 Å². The molecule has 11 rings (SSSR count). The average Bonchev–Trinajstić information content (AvgIpc) is 3.91. The minimum Gasteiger partial charge on any atom is -0.455 e. The predicted molar refractivity (Wildman–Crippen MR) is 225 cm³/mol. The van der Waals surface area contributed by atoms with Crippen LogP contribution in [0.1, 0.15) is 25.0 Å². The third-order valence-corrected chi connectivity index (χ3v) is 12.0. The highest BCUT2D eigenvalue weighted by Crippen LogP contribution is 2.52. The number of fused-ring (bicyclic) bond motifs is 7. The van der Waals surface area contributed by atoms with E-state index in [0.717, 1.165) is 65.8 Å². The SMILES string of the molecule is CC1(C)c2ccc(-c3cccc4c3oc3c(-c5nc(-c6ccccc6)nc(-c6ccccc6)n5)cccc34)cc2-c2cc3nc(-c4ccccc4)sc3cc21. The highest BCUT2D eigenvalue weighted by Gasteiger charge is 2.36. The zero-order valence-corrected chi connectivity index (χ0v) is 30.9. The van der Waals surface area contributed by atoms with Gasteiger partial charge >= 0.3 is 0 Å². The molecule has 0 saturated carbocycles. The van der Waals surface area contributed by atoms with Crippen LogP contribution in [0.2, 0.25) is 0 Å². The molecule has 0 fully saturated rings. The first-order chi connectivity index (χ1) is 27.0. The van der Waals surface area contributed by atoms with Crippen molar-refractivity contribution >= 4 is 43.5 Å². The molecule has 10 aromatic rings. The predicted octanol–water partition coefficient (Wildman–Crippen LogP) is 13.0. The molecule has 1 aliphatic carbocycles. The van der Waals surface area contributed by atoms with Crippen molar-refractivity contribution in [2.45, 2.75) is 19.3 Å². The lowest BCUT2D eigenvalue weighted by Gasteiger charge is -2.21. The molecule has 3 aromatic heterocycles. The van der Waals surface area contributed by atoms with Crippen LogP contribution in [0.15, 0.2) is 162 Å². The van der Waals surface area contributed by atoms with Gasteiger partial charge in [-0.05, 0) is 52.1 Å². The Morgan fingerprint density at radius 2 is 1.00 bits per heavy atom. The maximum absolute atomic E-state index is 6.94. The normalized spacial score (nSPS) is 13.1. The van der Waals surface area contributed by atoms with Gasteiger partial charge in [-0.2, -0.15) is 0 Å². The van der Waals surface area contributed by atoms with Crippen molar-refractivity contribution in [3.63, 3.8) is 0 Å². The fraction of sp³-hybridized carbons (Fsp3) is 0.0612. The fourth-order valence-corrected chi connectivity index (χ4v) is 9.19. The van der Waals surface area contributed by atoms with Crippen LogP contribution < -0.4 is 0 Å². The summed E-state index contributed by atoms with van der Waals surface area (Å²) in [6.07, 6.45) is 0. The van der Waals surface area contributed by atoms with E-state index >= 15 is 0 Å². The molecular weight excluding hydrogens is 693 g/mol. The molecule has 55 heavy (non-hydrogen) atoms. The quantitative estimate of drug-likeness (QED) is 0.177. The number of hydrogen-bond acceptors (Lipinski definition) is 6.